The summed E-state index contributed by atoms with van der Waals surface area (Å²) in [7, 11) is 1.83. The highest BCUT2D eigenvalue weighted by atomic mass is 19.1. The number of aryl methyl sites for hydroxylation is 1. The van der Waals surface area contributed by atoms with E-state index in [4.69, 9.17) is 0 Å². The zero-order chi connectivity index (χ0) is 22.9. The number of hydrogen-bond donors (Lipinski definition) is 0. The normalized spacial score (nSPS) is 18.2. The lowest BCUT2D eigenvalue weighted by Gasteiger charge is -2.39. The van der Waals surface area contributed by atoms with Gasteiger partial charge in [-0.3, -0.25) is 19.3 Å². The summed E-state index contributed by atoms with van der Waals surface area (Å²) >= 11 is 0. The molecule has 3 aromatic rings. The van der Waals surface area contributed by atoms with Crippen molar-refractivity contribution >= 4 is 17.5 Å². The largest absolute Gasteiger partial charge is 0.368 e. The molecule has 0 bridgehead atoms. The molecule has 5 rings (SSSR count). The van der Waals surface area contributed by atoms with Gasteiger partial charge in [-0.15, -0.1) is 0 Å². The third-order valence-electron chi connectivity index (χ3n) is 6.28. The van der Waals surface area contributed by atoms with Crippen LogP contribution in [0, 0.1) is 5.82 Å². The van der Waals surface area contributed by atoms with Crippen molar-refractivity contribution in [1.29, 1.82) is 0 Å². The van der Waals surface area contributed by atoms with Gasteiger partial charge in [0.05, 0.1) is 5.69 Å². The number of fused-ring (bicyclic) bond motifs is 1. The Bertz CT molecular complexity index is 1160. The number of piperazine rings is 1. The Hall–Kier alpha value is -3.75. The average molecular weight is 449 g/mol. The fourth-order valence-electron chi connectivity index (χ4n) is 4.61. The fourth-order valence-corrected chi connectivity index (χ4v) is 4.61. The lowest BCUT2D eigenvalue weighted by molar-refractivity contribution is -0.133. The van der Waals surface area contributed by atoms with Gasteiger partial charge in [-0.25, -0.2) is 4.39 Å². The minimum absolute atomic E-state index is 0.0211. The summed E-state index contributed by atoms with van der Waals surface area (Å²) in [4.78, 5) is 36.5. The van der Waals surface area contributed by atoms with E-state index in [9.17, 15) is 14.0 Å². The molecule has 0 saturated carbocycles. The maximum atomic E-state index is 13.6. The first-order valence-electron chi connectivity index (χ1n) is 11.0. The molecule has 2 aromatic heterocycles. The van der Waals surface area contributed by atoms with Crippen LogP contribution in [0.5, 0.6) is 0 Å². The van der Waals surface area contributed by atoms with Crippen molar-refractivity contribution in [2.24, 2.45) is 7.05 Å². The van der Waals surface area contributed by atoms with Crippen LogP contribution < -0.4 is 4.90 Å². The van der Waals surface area contributed by atoms with Gasteiger partial charge in [-0.05, 0) is 36.4 Å². The van der Waals surface area contributed by atoms with E-state index in [2.05, 4.69) is 15.0 Å². The number of carbonyl (C=O) groups excluding carboxylic acids is 2. The summed E-state index contributed by atoms with van der Waals surface area (Å²) in [5.74, 6) is -0.989. The molecule has 0 N–H and O–H groups in total. The Morgan fingerprint density at radius 3 is 2.45 bits per heavy atom. The molecule has 9 heteroatoms. The number of benzene rings is 1. The second kappa shape index (κ2) is 8.65. The zero-order valence-electron chi connectivity index (χ0n) is 18.4. The van der Waals surface area contributed by atoms with E-state index in [1.165, 1.54) is 12.1 Å². The molecule has 1 saturated heterocycles. The Morgan fingerprint density at radius 2 is 1.76 bits per heavy atom. The van der Waals surface area contributed by atoms with Crippen LogP contribution in [0.2, 0.25) is 0 Å². The van der Waals surface area contributed by atoms with Crippen molar-refractivity contribution < 1.29 is 14.0 Å². The van der Waals surface area contributed by atoms with Gasteiger partial charge in [-0.2, -0.15) is 5.10 Å². The zero-order valence-corrected chi connectivity index (χ0v) is 18.4. The molecule has 2 amide bonds. The number of pyridine rings is 1. The fraction of sp³-hybridized carbons (Fsp3) is 0.333. The van der Waals surface area contributed by atoms with E-state index >= 15 is 0 Å². The lowest BCUT2D eigenvalue weighted by Crippen LogP contribution is -2.52. The highest BCUT2D eigenvalue weighted by Gasteiger charge is 2.38. The quantitative estimate of drug-likeness (QED) is 0.613. The van der Waals surface area contributed by atoms with E-state index in [1.807, 2.05) is 18.1 Å². The number of halogens is 1. The highest BCUT2D eigenvalue weighted by Crippen LogP contribution is 2.30. The van der Waals surface area contributed by atoms with Crippen LogP contribution >= 0.6 is 0 Å². The van der Waals surface area contributed by atoms with Crippen LogP contribution in [0.15, 0.2) is 54.9 Å². The number of nitrogens with zero attached hydrogens (tertiary/aromatic N) is 6. The van der Waals surface area contributed by atoms with Gasteiger partial charge < -0.3 is 14.7 Å². The van der Waals surface area contributed by atoms with Gasteiger partial charge in [0.1, 0.15) is 17.4 Å². The van der Waals surface area contributed by atoms with Crippen molar-refractivity contribution in [3.8, 4) is 0 Å². The SMILES string of the molecule is Cn1cc2c(n1)[C@H](C(=O)N1CCN(c3ccc(F)cc3)CC1)CN(C(=O)c1ccccn1)C2. The van der Waals surface area contributed by atoms with Crippen LogP contribution in [-0.4, -0.2) is 69.1 Å². The smallest absolute Gasteiger partial charge is 0.272 e. The molecule has 1 aromatic carbocycles. The summed E-state index contributed by atoms with van der Waals surface area (Å²) in [6, 6.07) is 11.7. The van der Waals surface area contributed by atoms with Crippen molar-refractivity contribution in [3.63, 3.8) is 0 Å². The second-order valence-electron chi connectivity index (χ2n) is 8.46. The minimum Gasteiger partial charge on any atom is -0.368 e. The van der Waals surface area contributed by atoms with Crippen molar-refractivity contribution in [2.75, 3.05) is 37.6 Å². The molecule has 1 fully saturated rings. The predicted molar refractivity (Wildman–Crippen MR) is 120 cm³/mol. The first-order chi connectivity index (χ1) is 16.0. The van der Waals surface area contributed by atoms with Crippen molar-refractivity contribution in [3.05, 3.63) is 77.6 Å². The molecule has 2 aliphatic rings. The monoisotopic (exact) mass is 448 g/mol. The maximum Gasteiger partial charge on any atom is 0.272 e. The van der Waals surface area contributed by atoms with Crippen LogP contribution in [0.4, 0.5) is 10.1 Å². The molecular formula is C24H25FN6O2. The van der Waals surface area contributed by atoms with E-state index in [-0.39, 0.29) is 24.2 Å². The Kier molecular flexibility index (Phi) is 5.53. The standard InChI is InChI=1S/C24H25FN6O2/c1-28-14-17-15-31(24(33)21-4-2-3-9-26-21)16-20(22(17)27-28)23(32)30-12-10-29(11-13-30)19-7-5-18(25)6-8-19/h2-9,14,20H,10-13,15-16H2,1H3/t20-/m1/s1. The van der Waals surface area contributed by atoms with Gasteiger partial charge in [-0.1, -0.05) is 6.07 Å². The van der Waals surface area contributed by atoms with E-state index in [1.54, 1.807) is 46.1 Å². The van der Waals surface area contributed by atoms with Gasteiger partial charge >= 0.3 is 0 Å². The molecule has 33 heavy (non-hydrogen) atoms. The van der Waals surface area contributed by atoms with Gasteiger partial charge in [0, 0.05) is 70.0 Å². The number of aromatic nitrogens is 3. The van der Waals surface area contributed by atoms with E-state index in [0.29, 0.717) is 38.4 Å². The molecule has 0 aliphatic carbocycles. The molecule has 8 nitrogen and oxygen atoms in total. The summed E-state index contributed by atoms with van der Waals surface area (Å²) in [6.07, 6.45) is 3.47. The summed E-state index contributed by atoms with van der Waals surface area (Å²) < 4.78 is 14.9. The maximum absolute atomic E-state index is 13.6. The van der Waals surface area contributed by atoms with Crippen molar-refractivity contribution in [2.45, 2.75) is 12.5 Å². The molecule has 0 spiro atoms. The molecule has 2 aliphatic heterocycles. The minimum atomic E-state index is -0.514. The lowest BCUT2D eigenvalue weighted by atomic mass is 9.94. The van der Waals surface area contributed by atoms with Gasteiger partial charge in [0.15, 0.2) is 0 Å². The third-order valence-corrected chi connectivity index (χ3v) is 6.28. The number of hydrogen-bond acceptors (Lipinski definition) is 5. The summed E-state index contributed by atoms with van der Waals surface area (Å²) in [5.41, 5.74) is 2.94. The molecule has 170 valence electrons. The Balaban J connectivity index is 1.32. The van der Waals surface area contributed by atoms with E-state index in [0.717, 1.165) is 16.9 Å². The van der Waals surface area contributed by atoms with Crippen LogP contribution in [0.25, 0.3) is 0 Å². The third kappa shape index (κ3) is 4.18. The van der Waals surface area contributed by atoms with Crippen LogP contribution in [-0.2, 0) is 18.4 Å². The topological polar surface area (TPSA) is 74.6 Å². The molecule has 4 heterocycles. The van der Waals surface area contributed by atoms with Gasteiger partial charge in [0.2, 0.25) is 5.91 Å². The molecule has 0 radical (unpaired) electrons. The van der Waals surface area contributed by atoms with Crippen LogP contribution in [0.1, 0.15) is 27.7 Å². The molecular weight excluding hydrogens is 423 g/mol. The number of rotatable bonds is 3. The molecule has 1 atom stereocenters. The predicted octanol–water partition coefficient (Wildman–Crippen LogP) is 2.04. The Morgan fingerprint density at radius 1 is 1.00 bits per heavy atom. The number of carbonyl (C=O) groups is 2. The van der Waals surface area contributed by atoms with E-state index < -0.39 is 5.92 Å². The average Bonchev–Trinajstić information content (AvgIpc) is 3.24. The summed E-state index contributed by atoms with van der Waals surface area (Å²) in [6.45, 7) is 3.12. The van der Waals surface area contributed by atoms with Crippen LogP contribution in [0.3, 0.4) is 0 Å². The highest BCUT2D eigenvalue weighted by molar-refractivity contribution is 5.93. The molecule has 0 unspecified atom stereocenters. The Labute approximate surface area is 191 Å². The van der Waals surface area contributed by atoms with Crippen molar-refractivity contribution in [1.82, 2.24) is 24.6 Å². The first kappa shape index (κ1) is 21.1. The number of anilines is 1. The first-order valence-corrected chi connectivity index (χ1v) is 11.0. The summed E-state index contributed by atoms with van der Waals surface area (Å²) in [5, 5.41) is 4.56. The second-order valence-corrected chi connectivity index (χ2v) is 8.46. The van der Waals surface area contributed by atoms with Gasteiger partial charge in [0.25, 0.3) is 5.91 Å². The number of amides is 2.